The van der Waals surface area contributed by atoms with E-state index in [2.05, 4.69) is 10.5 Å². The molecule has 0 aliphatic heterocycles. The first-order valence-corrected chi connectivity index (χ1v) is 13.3. The standard InChI is InChI=1S/C25H25ClFN3O5S/c1-30-15-18(7-10-24(30)31)23(29-33)14-21(20-9-8-19(26)13-22(20)27)16-3-5-17(6-4-16)25(32)28-11-12-36(2,34)35/h3-10,13,15,21,33H,11-12,14H2,1-2H3,(H,28,32)/b29-23+. The molecule has 1 heterocycles. The van der Waals surface area contributed by atoms with E-state index in [-0.39, 0.29) is 35.0 Å². The van der Waals surface area contributed by atoms with Gasteiger partial charge in [0, 0.05) is 60.6 Å². The van der Waals surface area contributed by atoms with Crippen LogP contribution in [0.5, 0.6) is 0 Å². The fraction of sp³-hybridized carbons (Fsp3) is 0.240. The van der Waals surface area contributed by atoms with Crippen LogP contribution in [0.2, 0.25) is 5.02 Å². The minimum atomic E-state index is -3.21. The maximum Gasteiger partial charge on any atom is 0.251 e. The number of nitrogens with zero attached hydrogens (tertiary/aromatic N) is 2. The van der Waals surface area contributed by atoms with Crippen LogP contribution in [0.1, 0.15) is 39.4 Å². The van der Waals surface area contributed by atoms with Gasteiger partial charge in [0.2, 0.25) is 5.56 Å². The molecule has 2 aromatic carbocycles. The molecule has 0 bridgehead atoms. The number of oxime groups is 1. The zero-order valence-electron chi connectivity index (χ0n) is 19.6. The molecule has 3 rings (SSSR count). The summed E-state index contributed by atoms with van der Waals surface area (Å²) in [4.78, 5) is 24.1. The van der Waals surface area contributed by atoms with E-state index in [1.807, 2.05) is 0 Å². The number of carbonyl (C=O) groups is 1. The van der Waals surface area contributed by atoms with Gasteiger partial charge < -0.3 is 15.1 Å². The Bertz CT molecular complexity index is 1450. The summed E-state index contributed by atoms with van der Waals surface area (Å²) in [5, 5.41) is 15.9. The van der Waals surface area contributed by atoms with Crippen LogP contribution in [0, 0.1) is 5.82 Å². The largest absolute Gasteiger partial charge is 0.411 e. The zero-order valence-corrected chi connectivity index (χ0v) is 21.2. The SMILES string of the molecule is Cn1cc(/C(CC(c2ccc(C(=O)NCCS(C)(=O)=O)cc2)c2ccc(Cl)cc2F)=N/O)ccc1=O. The lowest BCUT2D eigenvalue weighted by atomic mass is 9.85. The molecule has 1 atom stereocenters. The molecule has 0 aliphatic carbocycles. The van der Waals surface area contributed by atoms with Gasteiger partial charge in [0.15, 0.2) is 0 Å². The van der Waals surface area contributed by atoms with Crippen molar-refractivity contribution in [3.05, 3.63) is 104 Å². The number of carbonyl (C=O) groups excluding carboxylic acids is 1. The molecule has 3 aromatic rings. The van der Waals surface area contributed by atoms with Crippen molar-refractivity contribution in [2.75, 3.05) is 18.6 Å². The number of amides is 1. The van der Waals surface area contributed by atoms with Gasteiger partial charge in [-0.15, -0.1) is 0 Å². The summed E-state index contributed by atoms with van der Waals surface area (Å²) in [5.74, 6) is -1.79. The molecule has 1 aromatic heterocycles. The van der Waals surface area contributed by atoms with Crippen LogP contribution in [0.25, 0.3) is 0 Å². The van der Waals surface area contributed by atoms with Crippen molar-refractivity contribution in [2.24, 2.45) is 12.2 Å². The predicted molar refractivity (Wildman–Crippen MR) is 136 cm³/mol. The third-order valence-corrected chi connectivity index (χ3v) is 6.79. The zero-order chi connectivity index (χ0) is 26.5. The van der Waals surface area contributed by atoms with Crippen molar-refractivity contribution in [1.82, 2.24) is 9.88 Å². The van der Waals surface area contributed by atoms with Crippen LogP contribution in [-0.4, -0.2) is 48.4 Å². The van der Waals surface area contributed by atoms with Crippen molar-refractivity contribution >= 4 is 33.1 Å². The number of sulfone groups is 1. The van der Waals surface area contributed by atoms with E-state index in [0.29, 0.717) is 22.3 Å². The summed E-state index contributed by atoms with van der Waals surface area (Å²) >= 11 is 5.94. The number of nitrogens with one attached hydrogen (secondary N) is 1. The fourth-order valence-corrected chi connectivity index (χ4v) is 4.32. The van der Waals surface area contributed by atoms with E-state index in [0.717, 1.165) is 6.26 Å². The molecule has 1 amide bonds. The highest BCUT2D eigenvalue weighted by atomic mass is 35.5. The Hall–Kier alpha value is -3.50. The molecule has 0 saturated carbocycles. The smallest absolute Gasteiger partial charge is 0.251 e. The number of halogens is 2. The molecule has 0 spiro atoms. The first kappa shape index (κ1) is 27.1. The van der Waals surface area contributed by atoms with Gasteiger partial charge in [0.05, 0.1) is 11.5 Å². The van der Waals surface area contributed by atoms with Gasteiger partial charge in [-0.2, -0.15) is 0 Å². The molecule has 2 N–H and O–H groups in total. The lowest BCUT2D eigenvalue weighted by Gasteiger charge is -2.20. The highest BCUT2D eigenvalue weighted by Crippen LogP contribution is 2.33. The molecular weight excluding hydrogens is 509 g/mol. The van der Waals surface area contributed by atoms with E-state index in [4.69, 9.17) is 11.6 Å². The Morgan fingerprint density at radius 2 is 1.81 bits per heavy atom. The summed E-state index contributed by atoms with van der Waals surface area (Å²) in [6, 6.07) is 13.6. The van der Waals surface area contributed by atoms with Gasteiger partial charge in [-0.05, 0) is 41.5 Å². The molecule has 190 valence electrons. The Kier molecular flexibility index (Phi) is 8.65. The number of pyridine rings is 1. The van der Waals surface area contributed by atoms with Crippen molar-refractivity contribution < 1.29 is 22.8 Å². The maximum atomic E-state index is 15.0. The minimum absolute atomic E-state index is 0.0199. The average molecular weight is 534 g/mol. The first-order chi connectivity index (χ1) is 17.0. The average Bonchev–Trinajstić information content (AvgIpc) is 2.82. The second-order valence-corrected chi connectivity index (χ2v) is 11.0. The lowest BCUT2D eigenvalue weighted by molar-refractivity contribution is 0.0956. The van der Waals surface area contributed by atoms with Crippen molar-refractivity contribution in [3.8, 4) is 0 Å². The van der Waals surface area contributed by atoms with Gasteiger partial charge >= 0.3 is 0 Å². The summed E-state index contributed by atoms with van der Waals surface area (Å²) in [7, 11) is -1.64. The van der Waals surface area contributed by atoms with Crippen LogP contribution in [-0.2, 0) is 16.9 Å². The van der Waals surface area contributed by atoms with Crippen LogP contribution in [0.3, 0.4) is 0 Å². The number of hydrogen-bond acceptors (Lipinski definition) is 6. The first-order valence-electron chi connectivity index (χ1n) is 10.9. The van der Waals surface area contributed by atoms with E-state index >= 15 is 0 Å². The second-order valence-electron chi connectivity index (χ2n) is 8.34. The number of benzene rings is 2. The molecule has 36 heavy (non-hydrogen) atoms. The molecule has 11 heteroatoms. The molecule has 0 radical (unpaired) electrons. The van der Waals surface area contributed by atoms with Crippen LogP contribution in [0.4, 0.5) is 4.39 Å². The summed E-state index contributed by atoms with van der Waals surface area (Å²) in [6.07, 6.45) is 2.69. The summed E-state index contributed by atoms with van der Waals surface area (Å²) in [6.45, 7) is -0.0199. The van der Waals surface area contributed by atoms with E-state index < -0.39 is 27.5 Å². The number of rotatable bonds is 9. The second kappa shape index (κ2) is 11.5. The number of aromatic nitrogens is 1. The Labute approximate surface area is 213 Å². The van der Waals surface area contributed by atoms with E-state index in [1.165, 1.54) is 29.0 Å². The normalized spacial score (nSPS) is 12.8. The van der Waals surface area contributed by atoms with Crippen molar-refractivity contribution in [1.29, 1.82) is 0 Å². The van der Waals surface area contributed by atoms with Crippen molar-refractivity contribution in [2.45, 2.75) is 12.3 Å². The molecule has 0 saturated heterocycles. The Morgan fingerprint density at radius 1 is 1.14 bits per heavy atom. The van der Waals surface area contributed by atoms with Gasteiger partial charge in [-0.25, -0.2) is 12.8 Å². The molecule has 8 nitrogen and oxygen atoms in total. The monoisotopic (exact) mass is 533 g/mol. The maximum absolute atomic E-state index is 15.0. The highest BCUT2D eigenvalue weighted by molar-refractivity contribution is 7.90. The molecule has 0 fully saturated rings. The van der Waals surface area contributed by atoms with Crippen LogP contribution in [0.15, 0.2) is 70.7 Å². The third kappa shape index (κ3) is 7.02. The summed E-state index contributed by atoms with van der Waals surface area (Å²) in [5.41, 5.74) is 1.72. The lowest BCUT2D eigenvalue weighted by Crippen LogP contribution is -2.28. The molecular formula is C25H25ClFN3O5S. The fourth-order valence-electron chi connectivity index (χ4n) is 3.68. The minimum Gasteiger partial charge on any atom is -0.411 e. The van der Waals surface area contributed by atoms with Gasteiger partial charge in [0.1, 0.15) is 15.7 Å². The van der Waals surface area contributed by atoms with Crippen LogP contribution >= 0.6 is 11.6 Å². The van der Waals surface area contributed by atoms with E-state index in [1.54, 1.807) is 43.4 Å². The van der Waals surface area contributed by atoms with E-state index in [9.17, 15) is 27.6 Å². The highest BCUT2D eigenvalue weighted by Gasteiger charge is 2.23. The predicted octanol–water partition coefficient (Wildman–Crippen LogP) is 3.35. The molecule has 1 unspecified atom stereocenters. The number of aryl methyl sites for hydroxylation is 1. The van der Waals surface area contributed by atoms with Crippen LogP contribution < -0.4 is 10.9 Å². The molecule has 0 aliphatic rings. The van der Waals surface area contributed by atoms with Gasteiger partial charge in [0.25, 0.3) is 5.91 Å². The topological polar surface area (TPSA) is 118 Å². The van der Waals surface area contributed by atoms with Crippen molar-refractivity contribution in [3.63, 3.8) is 0 Å². The quantitative estimate of drug-likeness (QED) is 0.248. The number of hydrogen-bond donors (Lipinski definition) is 2. The third-order valence-electron chi connectivity index (χ3n) is 5.61. The summed E-state index contributed by atoms with van der Waals surface area (Å²) < 4.78 is 38.8. The Balaban J connectivity index is 1.93. The van der Waals surface area contributed by atoms with Gasteiger partial charge in [-0.1, -0.05) is 35.0 Å². The Morgan fingerprint density at radius 3 is 2.39 bits per heavy atom. The van der Waals surface area contributed by atoms with Gasteiger partial charge in [-0.3, -0.25) is 9.59 Å².